The standard InChI is InChI=1S/C8H3ClN2O3S/c9-15(12,13)5-1-2-7-6(3-5)11-8(4-10)14-7/h1-3H. The van der Waals surface area contributed by atoms with E-state index in [9.17, 15) is 8.42 Å². The van der Waals surface area contributed by atoms with Gasteiger partial charge in [0.15, 0.2) is 11.7 Å². The van der Waals surface area contributed by atoms with Crippen LogP contribution in [0, 0.1) is 11.3 Å². The van der Waals surface area contributed by atoms with E-state index in [0.29, 0.717) is 5.58 Å². The minimum Gasteiger partial charge on any atom is -0.428 e. The fourth-order valence-electron chi connectivity index (χ4n) is 1.11. The average Bonchev–Trinajstić information content (AvgIpc) is 2.57. The fraction of sp³-hybridized carbons (Fsp3) is 0. The summed E-state index contributed by atoms with van der Waals surface area (Å²) in [4.78, 5) is 3.68. The summed E-state index contributed by atoms with van der Waals surface area (Å²) >= 11 is 0. The van der Waals surface area contributed by atoms with Gasteiger partial charge < -0.3 is 4.42 Å². The summed E-state index contributed by atoms with van der Waals surface area (Å²) in [5.74, 6) is -0.117. The highest BCUT2D eigenvalue weighted by Gasteiger charge is 2.13. The third-order valence-electron chi connectivity index (χ3n) is 1.74. The van der Waals surface area contributed by atoms with Crippen molar-refractivity contribution in [2.75, 3.05) is 0 Å². The molecule has 0 N–H and O–H groups in total. The van der Waals surface area contributed by atoms with E-state index in [0.717, 1.165) is 0 Å². The Morgan fingerprint density at radius 3 is 2.80 bits per heavy atom. The van der Waals surface area contributed by atoms with Gasteiger partial charge in [0.25, 0.3) is 9.05 Å². The van der Waals surface area contributed by atoms with Gasteiger partial charge in [-0.1, -0.05) is 0 Å². The van der Waals surface area contributed by atoms with Gasteiger partial charge >= 0.3 is 5.89 Å². The molecule has 0 atom stereocenters. The predicted molar refractivity (Wildman–Crippen MR) is 51.8 cm³/mol. The Kier molecular flexibility index (Phi) is 2.14. The second kappa shape index (κ2) is 3.22. The topological polar surface area (TPSA) is 84.0 Å². The van der Waals surface area contributed by atoms with E-state index in [1.54, 1.807) is 6.07 Å². The first kappa shape index (κ1) is 9.96. The number of benzene rings is 1. The molecule has 0 aliphatic heterocycles. The van der Waals surface area contributed by atoms with Gasteiger partial charge in [0.1, 0.15) is 5.52 Å². The van der Waals surface area contributed by atoms with E-state index < -0.39 is 9.05 Å². The van der Waals surface area contributed by atoms with Crippen molar-refractivity contribution in [3.8, 4) is 6.07 Å². The lowest BCUT2D eigenvalue weighted by Crippen LogP contribution is -1.89. The lowest BCUT2D eigenvalue weighted by molar-refractivity contribution is 0.584. The minimum atomic E-state index is -3.78. The molecule has 2 aromatic rings. The van der Waals surface area contributed by atoms with E-state index in [4.69, 9.17) is 20.4 Å². The molecule has 1 aromatic heterocycles. The summed E-state index contributed by atoms with van der Waals surface area (Å²) in [6.07, 6.45) is 0. The molecule has 76 valence electrons. The number of halogens is 1. The molecule has 0 amide bonds. The molecule has 1 heterocycles. The Balaban J connectivity index is 2.72. The van der Waals surface area contributed by atoms with Crippen molar-refractivity contribution in [1.29, 1.82) is 5.26 Å². The van der Waals surface area contributed by atoms with Crippen LogP contribution in [0.4, 0.5) is 0 Å². The molecular formula is C8H3ClN2O3S. The zero-order chi connectivity index (χ0) is 11.1. The first-order valence-corrected chi connectivity index (χ1v) is 6.07. The fourth-order valence-corrected chi connectivity index (χ4v) is 1.88. The molecule has 0 aliphatic rings. The van der Waals surface area contributed by atoms with Crippen LogP contribution < -0.4 is 0 Å². The lowest BCUT2D eigenvalue weighted by atomic mass is 10.3. The first-order valence-electron chi connectivity index (χ1n) is 3.76. The predicted octanol–water partition coefficient (Wildman–Crippen LogP) is 1.63. The van der Waals surface area contributed by atoms with Crippen LogP contribution in [-0.2, 0) is 9.05 Å². The molecule has 0 bridgehead atoms. The number of oxazole rings is 1. The van der Waals surface area contributed by atoms with Crippen LogP contribution in [0.2, 0.25) is 0 Å². The highest BCUT2D eigenvalue weighted by molar-refractivity contribution is 8.13. The van der Waals surface area contributed by atoms with Crippen LogP contribution in [0.25, 0.3) is 11.1 Å². The van der Waals surface area contributed by atoms with Gasteiger partial charge in [0, 0.05) is 10.7 Å². The molecule has 5 nitrogen and oxygen atoms in total. The molecule has 0 aliphatic carbocycles. The van der Waals surface area contributed by atoms with Crippen LogP contribution >= 0.6 is 10.7 Å². The lowest BCUT2D eigenvalue weighted by Gasteiger charge is -1.93. The van der Waals surface area contributed by atoms with Crippen molar-refractivity contribution in [2.45, 2.75) is 4.90 Å². The number of nitrogens with zero attached hydrogens (tertiary/aromatic N) is 2. The minimum absolute atomic E-state index is 0.0746. The molecule has 0 unspecified atom stereocenters. The van der Waals surface area contributed by atoms with E-state index in [-0.39, 0.29) is 16.3 Å². The van der Waals surface area contributed by atoms with Crippen LogP contribution in [0.5, 0.6) is 0 Å². The smallest absolute Gasteiger partial charge is 0.301 e. The van der Waals surface area contributed by atoms with Gasteiger partial charge in [-0.3, -0.25) is 0 Å². The quantitative estimate of drug-likeness (QED) is 0.710. The Labute approximate surface area is 89.3 Å². The van der Waals surface area contributed by atoms with Gasteiger partial charge in [0.2, 0.25) is 0 Å². The van der Waals surface area contributed by atoms with Crippen LogP contribution in [0.15, 0.2) is 27.5 Å². The maximum Gasteiger partial charge on any atom is 0.301 e. The van der Waals surface area contributed by atoms with Gasteiger partial charge in [-0.15, -0.1) is 0 Å². The largest absolute Gasteiger partial charge is 0.428 e. The van der Waals surface area contributed by atoms with Crippen molar-refractivity contribution in [2.24, 2.45) is 0 Å². The van der Waals surface area contributed by atoms with E-state index in [1.807, 2.05) is 0 Å². The number of fused-ring (bicyclic) bond motifs is 1. The summed E-state index contributed by atoms with van der Waals surface area (Å²) in [6.45, 7) is 0. The van der Waals surface area contributed by atoms with Crippen molar-refractivity contribution in [3.63, 3.8) is 0 Å². The van der Waals surface area contributed by atoms with Crippen molar-refractivity contribution in [3.05, 3.63) is 24.1 Å². The summed E-state index contributed by atoms with van der Waals surface area (Å²) in [5, 5.41) is 8.52. The molecule has 15 heavy (non-hydrogen) atoms. The van der Waals surface area contributed by atoms with Crippen LogP contribution in [0.3, 0.4) is 0 Å². The molecular weight excluding hydrogens is 240 g/mol. The van der Waals surface area contributed by atoms with Gasteiger partial charge in [0.05, 0.1) is 4.90 Å². The number of aromatic nitrogens is 1. The molecule has 7 heteroatoms. The highest BCUT2D eigenvalue weighted by Crippen LogP contribution is 2.21. The molecule has 0 saturated carbocycles. The average molecular weight is 243 g/mol. The second-order valence-corrected chi connectivity index (χ2v) is 5.26. The Morgan fingerprint density at radius 1 is 1.47 bits per heavy atom. The first-order chi connectivity index (χ1) is 7.00. The zero-order valence-corrected chi connectivity index (χ0v) is 8.71. The number of nitriles is 1. The molecule has 1 aromatic carbocycles. The maximum absolute atomic E-state index is 11.0. The van der Waals surface area contributed by atoms with Crippen molar-refractivity contribution < 1.29 is 12.8 Å². The number of hydrogen-bond acceptors (Lipinski definition) is 5. The SMILES string of the molecule is N#Cc1nc2cc(S(=O)(=O)Cl)ccc2o1. The van der Waals surface area contributed by atoms with E-state index in [2.05, 4.69) is 4.98 Å². The summed E-state index contributed by atoms with van der Waals surface area (Å²) in [5.41, 5.74) is 0.629. The molecule has 0 radical (unpaired) electrons. The Morgan fingerprint density at radius 2 is 2.20 bits per heavy atom. The van der Waals surface area contributed by atoms with Crippen molar-refractivity contribution in [1.82, 2.24) is 4.98 Å². The molecule has 2 rings (SSSR count). The van der Waals surface area contributed by atoms with Crippen LogP contribution in [0.1, 0.15) is 5.89 Å². The summed E-state index contributed by atoms with van der Waals surface area (Å²) < 4.78 is 27.0. The molecule has 0 saturated heterocycles. The third kappa shape index (κ3) is 1.79. The molecule has 0 fully saturated rings. The van der Waals surface area contributed by atoms with Gasteiger partial charge in [-0.25, -0.2) is 8.42 Å². The zero-order valence-electron chi connectivity index (χ0n) is 7.14. The summed E-state index contributed by atoms with van der Waals surface area (Å²) in [6, 6.07) is 5.66. The monoisotopic (exact) mass is 242 g/mol. The Bertz CT molecular complexity index is 669. The Hall–Kier alpha value is -1.58. The van der Waals surface area contributed by atoms with Crippen molar-refractivity contribution >= 4 is 30.8 Å². The molecule has 0 spiro atoms. The number of rotatable bonds is 1. The third-order valence-corrected chi connectivity index (χ3v) is 3.09. The maximum atomic E-state index is 11.0. The summed E-state index contributed by atoms with van der Waals surface area (Å²) in [7, 11) is 1.36. The highest BCUT2D eigenvalue weighted by atomic mass is 35.7. The van der Waals surface area contributed by atoms with Crippen LogP contribution in [-0.4, -0.2) is 13.4 Å². The number of hydrogen-bond donors (Lipinski definition) is 0. The van der Waals surface area contributed by atoms with Gasteiger partial charge in [-0.2, -0.15) is 10.2 Å². The van der Waals surface area contributed by atoms with E-state index in [1.165, 1.54) is 18.2 Å². The van der Waals surface area contributed by atoms with Gasteiger partial charge in [-0.05, 0) is 18.2 Å². The normalized spacial score (nSPS) is 11.5. The second-order valence-electron chi connectivity index (χ2n) is 2.70. The van der Waals surface area contributed by atoms with E-state index >= 15 is 0 Å².